The minimum atomic E-state index is -3.37. The summed E-state index contributed by atoms with van der Waals surface area (Å²) in [6.07, 6.45) is 3.12. The van der Waals surface area contributed by atoms with Crippen molar-refractivity contribution in [3.8, 4) is 6.07 Å². The maximum Gasteiger partial charge on any atom is 0.254 e. The number of rotatable bonds is 5. The van der Waals surface area contributed by atoms with Crippen LogP contribution in [0.2, 0.25) is 0 Å². The van der Waals surface area contributed by atoms with Crippen LogP contribution in [0.25, 0.3) is 0 Å². The van der Waals surface area contributed by atoms with Crippen molar-refractivity contribution in [1.29, 1.82) is 5.26 Å². The van der Waals surface area contributed by atoms with E-state index in [2.05, 4.69) is 10.8 Å². The number of hydrogen-bond donors (Lipinski definition) is 1. The van der Waals surface area contributed by atoms with Crippen LogP contribution < -0.4 is 4.72 Å². The third kappa shape index (κ3) is 4.19. The number of nitrogens with zero attached hydrogens (tertiary/aromatic N) is 2. The number of likely N-dealkylation sites (tertiary alicyclic amines) is 1. The first-order chi connectivity index (χ1) is 14.4. The van der Waals surface area contributed by atoms with Gasteiger partial charge in [-0.1, -0.05) is 18.2 Å². The SMILES string of the molecule is Cc1c(NS(=O)(=O)C2CC2)cccc1C(=O)N1CCC(c2ccc(C#N)cc2)CC1. The molecule has 0 unspecified atom stereocenters. The molecule has 1 N–H and O–H groups in total. The Morgan fingerprint density at radius 1 is 1.07 bits per heavy atom. The molecule has 4 rings (SSSR count). The smallest absolute Gasteiger partial charge is 0.254 e. The van der Waals surface area contributed by atoms with Crippen molar-refractivity contribution in [2.45, 2.75) is 43.8 Å². The Morgan fingerprint density at radius 2 is 1.73 bits per heavy atom. The van der Waals surface area contributed by atoms with E-state index in [9.17, 15) is 13.2 Å². The number of anilines is 1. The van der Waals surface area contributed by atoms with Gasteiger partial charge in [0.15, 0.2) is 0 Å². The molecule has 0 atom stereocenters. The molecule has 2 fully saturated rings. The number of carbonyl (C=O) groups is 1. The highest BCUT2D eigenvalue weighted by atomic mass is 32.2. The molecular formula is C23H25N3O3S. The molecular weight excluding hydrogens is 398 g/mol. The molecule has 2 aromatic rings. The summed E-state index contributed by atoms with van der Waals surface area (Å²) < 4.78 is 27.2. The summed E-state index contributed by atoms with van der Waals surface area (Å²) in [7, 11) is -3.37. The number of carbonyl (C=O) groups excluding carboxylic acids is 1. The zero-order chi connectivity index (χ0) is 21.3. The highest BCUT2D eigenvalue weighted by Gasteiger charge is 2.36. The average molecular weight is 424 g/mol. The molecule has 2 aliphatic rings. The van der Waals surface area contributed by atoms with Crippen LogP contribution in [0.15, 0.2) is 42.5 Å². The van der Waals surface area contributed by atoms with Gasteiger partial charge in [-0.15, -0.1) is 0 Å². The normalized spacial score (nSPS) is 17.4. The van der Waals surface area contributed by atoms with Crippen LogP contribution in [0.4, 0.5) is 5.69 Å². The van der Waals surface area contributed by atoms with Gasteiger partial charge >= 0.3 is 0 Å². The fraction of sp³-hybridized carbons (Fsp3) is 0.391. The Hall–Kier alpha value is -2.85. The lowest BCUT2D eigenvalue weighted by atomic mass is 9.88. The molecule has 0 spiro atoms. The molecule has 1 heterocycles. The molecule has 1 saturated carbocycles. The lowest BCUT2D eigenvalue weighted by Gasteiger charge is -2.32. The summed E-state index contributed by atoms with van der Waals surface area (Å²) in [5.41, 5.74) is 3.55. The first-order valence-electron chi connectivity index (χ1n) is 10.3. The van der Waals surface area contributed by atoms with Gasteiger partial charge in [-0.3, -0.25) is 9.52 Å². The van der Waals surface area contributed by atoms with Crippen LogP contribution in [0, 0.1) is 18.3 Å². The number of amides is 1. The van der Waals surface area contributed by atoms with Crippen LogP contribution in [-0.4, -0.2) is 37.6 Å². The van der Waals surface area contributed by atoms with Crippen molar-refractivity contribution in [3.63, 3.8) is 0 Å². The maximum atomic E-state index is 13.1. The van der Waals surface area contributed by atoms with Crippen molar-refractivity contribution in [1.82, 2.24) is 4.90 Å². The standard InChI is InChI=1S/C23H25N3O3S/c1-16-21(3-2-4-22(16)25-30(28,29)20-9-10-20)23(27)26-13-11-19(12-14-26)18-7-5-17(15-24)6-8-18/h2-8,19-20,25H,9-14H2,1H3. The zero-order valence-electron chi connectivity index (χ0n) is 17.0. The van der Waals surface area contributed by atoms with Gasteiger partial charge in [0, 0.05) is 18.7 Å². The second kappa shape index (κ2) is 8.11. The van der Waals surface area contributed by atoms with Crippen molar-refractivity contribution < 1.29 is 13.2 Å². The third-order valence-corrected chi connectivity index (χ3v) is 7.93. The van der Waals surface area contributed by atoms with E-state index in [-0.39, 0.29) is 11.2 Å². The van der Waals surface area contributed by atoms with Crippen LogP contribution in [0.5, 0.6) is 0 Å². The molecule has 0 aromatic heterocycles. The molecule has 1 saturated heterocycles. The topological polar surface area (TPSA) is 90.3 Å². The summed E-state index contributed by atoms with van der Waals surface area (Å²) in [4.78, 5) is 15.0. The van der Waals surface area contributed by atoms with Crippen molar-refractivity contribution in [3.05, 3.63) is 64.7 Å². The van der Waals surface area contributed by atoms with E-state index in [0.29, 0.717) is 54.2 Å². The fourth-order valence-electron chi connectivity index (χ4n) is 4.01. The van der Waals surface area contributed by atoms with Crippen LogP contribution in [0.3, 0.4) is 0 Å². The number of piperidine rings is 1. The van der Waals surface area contributed by atoms with Crippen molar-refractivity contribution in [2.24, 2.45) is 0 Å². The second-order valence-corrected chi connectivity index (χ2v) is 10.1. The van der Waals surface area contributed by atoms with Gasteiger partial charge in [0.1, 0.15) is 0 Å². The largest absolute Gasteiger partial charge is 0.339 e. The van der Waals surface area contributed by atoms with E-state index in [1.165, 1.54) is 5.56 Å². The lowest BCUT2D eigenvalue weighted by molar-refractivity contribution is 0.0712. The van der Waals surface area contributed by atoms with Crippen molar-refractivity contribution in [2.75, 3.05) is 17.8 Å². The van der Waals surface area contributed by atoms with Gasteiger partial charge in [0.2, 0.25) is 10.0 Å². The van der Waals surface area contributed by atoms with Crippen LogP contribution in [0.1, 0.15) is 58.6 Å². The number of sulfonamides is 1. The summed E-state index contributed by atoms with van der Waals surface area (Å²) in [5, 5.41) is 8.64. The predicted molar refractivity (Wildman–Crippen MR) is 116 cm³/mol. The first kappa shape index (κ1) is 20.4. The number of hydrogen-bond acceptors (Lipinski definition) is 4. The van der Waals surface area contributed by atoms with Gasteiger partial charge in [-0.2, -0.15) is 5.26 Å². The zero-order valence-corrected chi connectivity index (χ0v) is 17.8. The van der Waals surface area contributed by atoms with Gasteiger partial charge in [-0.05, 0) is 73.9 Å². The van der Waals surface area contributed by atoms with Crippen molar-refractivity contribution >= 4 is 21.6 Å². The summed E-state index contributed by atoms with van der Waals surface area (Å²) >= 11 is 0. The van der Waals surface area contributed by atoms with Gasteiger partial charge in [-0.25, -0.2) is 8.42 Å². The van der Waals surface area contributed by atoms with Gasteiger partial charge < -0.3 is 4.90 Å². The highest BCUT2D eigenvalue weighted by Crippen LogP contribution is 2.32. The van der Waals surface area contributed by atoms with Gasteiger partial charge in [0.05, 0.1) is 22.6 Å². The molecule has 0 bridgehead atoms. The minimum absolute atomic E-state index is 0.0572. The molecule has 1 aliphatic heterocycles. The monoisotopic (exact) mass is 423 g/mol. The Bertz CT molecular complexity index is 1090. The molecule has 2 aromatic carbocycles. The maximum absolute atomic E-state index is 13.1. The van der Waals surface area contributed by atoms with E-state index in [4.69, 9.17) is 5.26 Å². The molecule has 156 valence electrons. The van der Waals surface area contributed by atoms with E-state index in [1.54, 1.807) is 25.1 Å². The molecule has 30 heavy (non-hydrogen) atoms. The lowest BCUT2D eigenvalue weighted by Crippen LogP contribution is -2.38. The second-order valence-electron chi connectivity index (χ2n) is 8.12. The molecule has 7 heteroatoms. The summed E-state index contributed by atoms with van der Waals surface area (Å²) in [5.74, 6) is 0.317. The number of nitrogens with one attached hydrogen (secondary N) is 1. The number of nitriles is 1. The Morgan fingerprint density at radius 3 is 2.33 bits per heavy atom. The highest BCUT2D eigenvalue weighted by molar-refractivity contribution is 7.93. The Balaban J connectivity index is 1.44. The third-order valence-electron chi connectivity index (χ3n) is 6.07. The fourth-order valence-corrected chi connectivity index (χ4v) is 5.46. The Kier molecular flexibility index (Phi) is 5.52. The summed E-state index contributed by atoms with van der Waals surface area (Å²) in [6.45, 7) is 3.10. The van der Waals surface area contributed by atoms with E-state index >= 15 is 0 Å². The predicted octanol–water partition coefficient (Wildman–Crippen LogP) is 3.79. The summed E-state index contributed by atoms with van der Waals surface area (Å²) in [6, 6.07) is 15.0. The first-order valence-corrected chi connectivity index (χ1v) is 11.8. The molecule has 1 amide bonds. The molecule has 1 aliphatic carbocycles. The molecule has 6 nitrogen and oxygen atoms in total. The minimum Gasteiger partial charge on any atom is -0.339 e. The van der Waals surface area contributed by atoms with Crippen LogP contribution >= 0.6 is 0 Å². The Labute approximate surface area is 177 Å². The van der Waals surface area contributed by atoms with Gasteiger partial charge in [0.25, 0.3) is 5.91 Å². The van der Waals surface area contributed by atoms with Crippen LogP contribution in [-0.2, 0) is 10.0 Å². The number of benzene rings is 2. The average Bonchev–Trinajstić information content (AvgIpc) is 3.61. The quantitative estimate of drug-likeness (QED) is 0.792. The van der Waals surface area contributed by atoms with E-state index in [1.807, 2.05) is 29.2 Å². The molecule has 0 radical (unpaired) electrons. The van der Waals surface area contributed by atoms with E-state index < -0.39 is 10.0 Å². The van der Waals surface area contributed by atoms with E-state index in [0.717, 1.165) is 12.8 Å².